The van der Waals surface area contributed by atoms with Crippen LogP contribution in [0.25, 0.3) is 0 Å². The molecule has 2 fully saturated rings. The minimum atomic E-state index is -2.28. The first kappa shape index (κ1) is 52.4. The van der Waals surface area contributed by atoms with Crippen LogP contribution in [0.3, 0.4) is 0 Å². The minimum absolute atomic E-state index is 0.119. The van der Waals surface area contributed by atoms with E-state index in [1.165, 1.54) is 24.3 Å². The molecular formula is C47H66O17. The van der Waals surface area contributed by atoms with Crippen LogP contribution in [0.5, 0.6) is 11.5 Å². The van der Waals surface area contributed by atoms with Crippen LogP contribution in [0.4, 0.5) is 0 Å². The van der Waals surface area contributed by atoms with Gasteiger partial charge in [0.2, 0.25) is 5.79 Å². The zero-order valence-electron chi connectivity index (χ0n) is 36.8. The summed E-state index contributed by atoms with van der Waals surface area (Å²) in [5.74, 6) is -4.38. The van der Waals surface area contributed by atoms with E-state index in [1.807, 2.05) is 19.1 Å². The highest BCUT2D eigenvalue weighted by molar-refractivity contribution is 5.82. The van der Waals surface area contributed by atoms with Gasteiger partial charge in [0.05, 0.1) is 31.0 Å². The second-order valence-corrected chi connectivity index (χ2v) is 16.3. The number of fused-ring (bicyclic) bond motifs is 2. The summed E-state index contributed by atoms with van der Waals surface area (Å²) in [6, 6.07) is 2.25. The summed E-state index contributed by atoms with van der Waals surface area (Å²) in [6.45, 7) is 6.31. The summed E-state index contributed by atoms with van der Waals surface area (Å²) in [5.41, 5.74) is 0.839. The average molecular weight is 903 g/mol. The number of carbonyl (C=O) groups is 2. The van der Waals surface area contributed by atoms with Gasteiger partial charge in [-0.05, 0) is 62.1 Å². The van der Waals surface area contributed by atoms with Crippen molar-refractivity contribution in [1.29, 1.82) is 0 Å². The van der Waals surface area contributed by atoms with E-state index in [-0.39, 0.29) is 29.9 Å². The Labute approximate surface area is 373 Å². The average Bonchev–Trinajstić information content (AvgIpc) is 3.63. The summed E-state index contributed by atoms with van der Waals surface area (Å²) in [7, 11) is 0. The Morgan fingerprint density at radius 3 is 2.27 bits per heavy atom. The van der Waals surface area contributed by atoms with Crippen molar-refractivity contribution in [3.8, 4) is 11.5 Å². The lowest BCUT2D eigenvalue weighted by atomic mass is 9.86. The highest BCUT2D eigenvalue weighted by Gasteiger charge is 2.63. The second-order valence-electron chi connectivity index (χ2n) is 16.3. The molecule has 9 N–H and O–H groups in total. The summed E-state index contributed by atoms with van der Waals surface area (Å²) in [6.07, 6.45) is 4.80. The van der Waals surface area contributed by atoms with Crippen LogP contribution < -0.4 is 0 Å². The third-order valence-electron chi connectivity index (χ3n) is 11.4. The lowest BCUT2D eigenvalue weighted by Gasteiger charge is -2.50. The van der Waals surface area contributed by atoms with E-state index < -0.39 is 104 Å². The van der Waals surface area contributed by atoms with E-state index in [4.69, 9.17) is 28.4 Å². The van der Waals surface area contributed by atoms with Crippen molar-refractivity contribution in [1.82, 2.24) is 0 Å². The van der Waals surface area contributed by atoms with E-state index in [9.17, 15) is 55.5 Å². The molecule has 2 saturated heterocycles. The van der Waals surface area contributed by atoms with Gasteiger partial charge in [0.25, 0.3) is 0 Å². The lowest BCUT2D eigenvalue weighted by Crippen LogP contribution is -2.67. The van der Waals surface area contributed by atoms with E-state index in [1.54, 1.807) is 25.2 Å². The van der Waals surface area contributed by atoms with E-state index in [0.717, 1.165) is 49.5 Å². The molecule has 0 amide bonds. The molecule has 13 atom stereocenters. The van der Waals surface area contributed by atoms with E-state index >= 15 is 0 Å². The Morgan fingerprint density at radius 1 is 0.875 bits per heavy atom. The number of phenols is 2. The van der Waals surface area contributed by atoms with Crippen molar-refractivity contribution in [2.24, 2.45) is 5.92 Å². The number of allylic oxidation sites excluding steroid dienone is 7. The molecule has 3 unspecified atom stereocenters. The van der Waals surface area contributed by atoms with Gasteiger partial charge in [-0.15, -0.1) is 0 Å². The number of esters is 2. The number of phenolic OH excluding ortho intramolecular Hbond substituents is 2. The molecule has 0 aliphatic carbocycles. The maximum Gasteiger partial charge on any atom is 0.331 e. The largest absolute Gasteiger partial charge is 0.508 e. The quantitative estimate of drug-likeness (QED) is 0.0460. The van der Waals surface area contributed by atoms with Crippen LogP contribution in [0.2, 0.25) is 0 Å². The van der Waals surface area contributed by atoms with Crippen molar-refractivity contribution < 1.29 is 84.0 Å². The van der Waals surface area contributed by atoms with Crippen molar-refractivity contribution in [3.05, 3.63) is 95.7 Å². The van der Waals surface area contributed by atoms with Crippen LogP contribution in [0, 0.1) is 5.92 Å². The third-order valence-corrected chi connectivity index (χ3v) is 11.4. The molecule has 4 rings (SSSR count). The van der Waals surface area contributed by atoms with Crippen LogP contribution in [0.15, 0.2) is 84.5 Å². The molecule has 356 valence electrons. The molecule has 17 nitrogen and oxygen atoms in total. The topological polar surface area (TPSA) is 272 Å². The molecule has 0 radical (unpaired) electrons. The zero-order chi connectivity index (χ0) is 47.0. The van der Waals surface area contributed by atoms with Gasteiger partial charge in [0.15, 0.2) is 18.5 Å². The van der Waals surface area contributed by atoms with Crippen molar-refractivity contribution >= 4 is 11.9 Å². The Morgan fingerprint density at radius 2 is 1.58 bits per heavy atom. The number of benzene rings is 1. The first-order valence-corrected chi connectivity index (χ1v) is 21.8. The predicted molar refractivity (Wildman–Crippen MR) is 231 cm³/mol. The number of aliphatic hydroxyl groups is 7. The molecule has 1 aromatic rings. The van der Waals surface area contributed by atoms with Gasteiger partial charge in [-0.25, -0.2) is 9.59 Å². The molecule has 1 aromatic carbocycles. The van der Waals surface area contributed by atoms with Gasteiger partial charge in [-0.1, -0.05) is 88.3 Å². The van der Waals surface area contributed by atoms with Crippen molar-refractivity contribution in [3.63, 3.8) is 0 Å². The smallest absolute Gasteiger partial charge is 0.331 e. The third kappa shape index (κ3) is 14.1. The van der Waals surface area contributed by atoms with Crippen LogP contribution in [0.1, 0.15) is 83.8 Å². The highest BCUT2D eigenvalue weighted by Crippen LogP contribution is 2.51. The van der Waals surface area contributed by atoms with Gasteiger partial charge in [0, 0.05) is 18.2 Å². The van der Waals surface area contributed by atoms with Gasteiger partial charge in [-0.2, -0.15) is 0 Å². The molecule has 3 aliphatic rings. The van der Waals surface area contributed by atoms with Crippen LogP contribution in [-0.4, -0.2) is 138 Å². The standard InChI is InChI=1S/C47H66O17/c1-5-16-31(49)19-12-8-14-21-37(53)59-27-36-40(55)41(56)42(57)46(61-36)63-43-35(25-48)64-47(39-30(26-60-47)23-32(50)24-34(39)52)45(58)44(43)62-38(54)22-15-9-13-20-33(51)29(4)18-11-7-10-17-28(3)6-2/h7-9,11-15,18,21-24,28,31,33,35-36,40-46,48-52,55-58H,5-6,10,16-17,19-20,25-27H2,1-4H3/b11-7+,12-8-,13-9+,21-14+,22-15+,29-18+/t28?,31?,33?,35-,36-,40+,41+,42-,43+,44+,45-,46+,47-/m1/s1. The normalized spacial score (nSPS) is 30.2. The molecular weight excluding hydrogens is 837 g/mol. The first-order valence-electron chi connectivity index (χ1n) is 21.8. The summed E-state index contributed by atoms with van der Waals surface area (Å²) in [4.78, 5) is 25.8. The highest BCUT2D eigenvalue weighted by atomic mass is 16.8. The Bertz CT molecular complexity index is 1840. The fourth-order valence-electron chi connectivity index (χ4n) is 7.40. The van der Waals surface area contributed by atoms with Gasteiger partial charge < -0.3 is 74.4 Å². The fraction of sp³-hybridized carbons (Fsp3) is 0.574. The number of ether oxygens (including phenoxy) is 6. The predicted octanol–water partition coefficient (Wildman–Crippen LogP) is 3.04. The van der Waals surface area contributed by atoms with E-state index in [0.29, 0.717) is 18.8 Å². The van der Waals surface area contributed by atoms with Crippen LogP contribution >= 0.6 is 0 Å². The molecule has 3 heterocycles. The number of carbonyl (C=O) groups excluding carboxylic acids is 2. The Kier molecular flexibility index (Phi) is 20.8. The van der Waals surface area contributed by atoms with Gasteiger partial charge >= 0.3 is 11.9 Å². The molecule has 17 heteroatoms. The maximum absolute atomic E-state index is 13.4. The summed E-state index contributed by atoms with van der Waals surface area (Å²) >= 11 is 0. The number of hydrogen-bond acceptors (Lipinski definition) is 17. The summed E-state index contributed by atoms with van der Waals surface area (Å²) < 4.78 is 34.7. The molecule has 1 spiro atoms. The molecule has 0 bridgehead atoms. The van der Waals surface area contributed by atoms with Crippen molar-refractivity contribution in [2.75, 3.05) is 13.2 Å². The van der Waals surface area contributed by atoms with Crippen molar-refractivity contribution in [2.45, 2.75) is 152 Å². The van der Waals surface area contributed by atoms with E-state index in [2.05, 4.69) is 19.9 Å². The monoisotopic (exact) mass is 902 g/mol. The zero-order valence-corrected chi connectivity index (χ0v) is 36.8. The molecule has 3 aliphatic heterocycles. The Balaban J connectivity index is 1.50. The molecule has 64 heavy (non-hydrogen) atoms. The number of aliphatic hydroxyl groups excluding tert-OH is 7. The summed E-state index contributed by atoms with van der Waals surface area (Å²) in [5, 5.41) is 96.6. The second kappa shape index (κ2) is 25.5. The van der Waals surface area contributed by atoms with Gasteiger partial charge in [-0.3, -0.25) is 0 Å². The minimum Gasteiger partial charge on any atom is -0.508 e. The molecule has 0 aromatic heterocycles. The first-order chi connectivity index (χ1) is 30.6. The lowest BCUT2D eigenvalue weighted by molar-refractivity contribution is -0.395. The molecule has 0 saturated carbocycles. The maximum atomic E-state index is 13.4. The number of rotatable bonds is 22. The van der Waals surface area contributed by atoms with Crippen LogP contribution in [-0.2, 0) is 50.4 Å². The number of aromatic hydroxyl groups is 2. The van der Waals surface area contributed by atoms with Gasteiger partial charge in [0.1, 0.15) is 54.7 Å². The number of hydrogen-bond donors (Lipinski definition) is 9. The SMILES string of the molecule is CCCC(O)C/C=C\C=C\C(=O)OC[C@H]1O[C@@H](O[C@@H]2[C@H](OC(=O)/C=C/C=C/CC(O)/C(C)=C/C=C/CCC(C)CC)[C@@H](O)[C@]3(OCc4cc(O)cc(O)c43)O[C@@H]2CO)[C@H](O)[C@@H](O)[C@H]1O. The fourth-order valence-corrected chi connectivity index (χ4v) is 7.40. The Hall–Kier alpha value is -4.24.